The standard InChI is InChI=1S/C24H17N2.Bi/c1-17-14-15-25-22(16-17)21-12-7-11-20-19-10-5-6-13-23(19)26(24(20)21)18-8-3-2-4-9-18;/h2-14,16H,1H3;. The topological polar surface area (TPSA) is 17.8 Å². The molecule has 0 spiro atoms. The zero-order chi connectivity index (χ0) is 18.4. The third kappa shape index (κ3) is 2.78. The normalized spacial score (nSPS) is 11.3. The molecule has 128 valence electrons. The molecule has 2 radical (unpaired) electrons. The number of aryl methyl sites for hydroxylation is 1. The summed E-state index contributed by atoms with van der Waals surface area (Å²) in [4.78, 5) is 4.90. The van der Waals surface area contributed by atoms with E-state index >= 15 is 0 Å². The van der Waals surface area contributed by atoms with Gasteiger partial charge < -0.3 is 0 Å². The van der Waals surface area contributed by atoms with Crippen LogP contribution in [0.15, 0.2) is 84.9 Å². The zero-order valence-electron chi connectivity index (χ0n) is 14.9. The van der Waals surface area contributed by atoms with Crippen LogP contribution in [0.1, 0.15) is 5.56 Å². The third-order valence-corrected chi connectivity index (χ3v) is 5.83. The number of pyridine rings is 1. The van der Waals surface area contributed by atoms with Crippen LogP contribution < -0.4 is 3.40 Å². The molecule has 0 bridgehead atoms. The Morgan fingerprint density at radius 3 is 2.33 bits per heavy atom. The van der Waals surface area contributed by atoms with E-state index in [-0.39, 0.29) is 0 Å². The van der Waals surface area contributed by atoms with Gasteiger partial charge in [-0.25, -0.2) is 0 Å². The number of hydrogen-bond acceptors (Lipinski definition) is 1. The molecule has 2 aromatic heterocycles. The summed E-state index contributed by atoms with van der Waals surface area (Å²) < 4.78 is 3.53. The Balaban J connectivity index is 1.97. The molecule has 5 aromatic rings. The van der Waals surface area contributed by atoms with E-state index in [1.165, 1.54) is 63.3 Å². The Bertz CT molecular complexity index is 1270. The molecule has 0 saturated carbocycles. The van der Waals surface area contributed by atoms with Gasteiger partial charge in [-0.2, -0.15) is 0 Å². The van der Waals surface area contributed by atoms with E-state index in [9.17, 15) is 0 Å². The Labute approximate surface area is 173 Å². The first-order valence-electron chi connectivity index (χ1n) is 8.98. The van der Waals surface area contributed by atoms with Crippen molar-refractivity contribution in [2.24, 2.45) is 0 Å². The van der Waals surface area contributed by atoms with Crippen molar-refractivity contribution in [3.8, 4) is 16.9 Å². The summed E-state index contributed by atoms with van der Waals surface area (Å²) in [5.41, 5.74) is 7.12. The van der Waals surface area contributed by atoms with Gasteiger partial charge in [0.25, 0.3) is 0 Å². The van der Waals surface area contributed by atoms with E-state index in [0.29, 0.717) is 0 Å². The predicted molar refractivity (Wildman–Crippen MR) is 114 cm³/mol. The second kappa shape index (κ2) is 6.58. The SMILES string of the molecule is Cc1c[c]([Bi])nc(-c2cccc3c4ccccc4n(-c4ccccc4)c23)c1. The molecule has 0 saturated heterocycles. The monoisotopic (exact) mass is 542 g/mol. The van der Waals surface area contributed by atoms with Crippen LogP contribution in [0, 0.1) is 6.92 Å². The van der Waals surface area contributed by atoms with Gasteiger partial charge in [0.2, 0.25) is 0 Å². The minimum atomic E-state index is 1.05. The van der Waals surface area contributed by atoms with E-state index in [0.717, 1.165) is 9.10 Å². The summed E-state index contributed by atoms with van der Waals surface area (Å²) >= 11 is 1.17. The molecule has 0 aliphatic rings. The summed E-state index contributed by atoms with van der Waals surface area (Å²) in [7, 11) is 0. The molecule has 0 unspecified atom stereocenters. The fourth-order valence-corrected chi connectivity index (χ4v) is 5.07. The molecular weight excluding hydrogens is 525 g/mol. The first-order valence-corrected chi connectivity index (χ1v) is 10.7. The molecule has 2 nitrogen and oxygen atoms in total. The maximum atomic E-state index is 4.90. The van der Waals surface area contributed by atoms with Crippen molar-refractivity contribution in [3.63, 3.8) is 0 Å². The fraction of sp³-hybridized carbons (Fsp3) is 0.0417. The molecule has 5 rings (SSSR count). The first-order chi connectivity index (χ1) is 13.2. The van der Waals surface area contributed by atoms with Crippen molar-refractivity contribution in [2.45, 2.75) is 6.92 Å². The maximum absolute atomic E-state index is 4.90. The van der Waals surface area contributed by atoms with Crippen LogP contribution >= 0.6 is 0 Å². The van der Waals surface area contributed by atoms with Crippen molar-refractivity contribution in [1.29, 1.82) is 0 Å². The van der Waals surface area contributed by atoms with Crippen molar-refractivity contribution in [2.75, 3.05) is 0 Å². The van der Waals surface area contributed by atoms with Crippen LogP contribution in [-0.4, -0.2) is 34.3 Å². The summed E-state index contributed by atoms with van der Waals surface area (Å²) in [5.74, 6) is 0. The summed E-state index contributed by atoms with van der Waals surface area (Å²) in [6, 6.07) is 30.2. The average Bonchev–Trinajstić information content (AvgIpc) is 3.02. The number of benzene rings is 3. The predicted octanol–water partition coefficient (Wildman–Crippen LogP) is 4.95. The fourth-order valence-electron chi connectivity index (χ4n) is 3.86. The molecule has 0 aliphatic carbocycles. The van der Waals surface area contributed by atoms with Crippen LogP contribution in [0.2, 0.25) is 0 Å². The molecule has 0 N–H and O–H groups in total. The Hall–Kier alpha value is -2.51. The van der Waals surface area contributed by atoms with Gasteiger partial charge in [0.15, 0.2) is 0 Å². The molecule has 0 fully saturated rings. The number of para-hydroxylation sites is 3. The summed E-state index contributed by atoms with van der Waals surface area (Å²) in [5, 5.41) is 2.54. The van der Waals surface area contributed by atoms with Crippen LogP contribution in [-0.2, 0) is 0 Å². The van der Waals surface area contributed by atoms with Crippen molar-refractivity contribution >= 4 is 49.9 Å². The molecule has 0 aliphatic heterocycles. The Morgan fingerprint density at radius 1 is 0.778 bits per heavy atom. The third-order valence-electron chi connectivity index (χ3n) is 4.94. The van der Waals surface area contributed by atoms with Crippen molar-refractivity contribution in [1.82, 2.24) is 9.55 Å². The Morgan fingerprint density at radius 2 is 1.52 bits per heavy atom. The van der Waals surface area contributed by atoms with Gasteiger partial charge in [-0.15, -0.1) is 0 Å². The van der Waals surface area contributed by atoms with Crippen LogP contribution in [0.5, 0.6) is 0 Å². The summed E-state index contributed by atoms with van der Waals surface area (Å²) in [6.07, 6.45) is 0. The van der Waals surface area contributed by atoms with E-state index in [2.05, 4.69) is 96.4 Å². The van der Waals surface area contributed by atoms with Gasteiger partial charge in [-0.1, -0.05) is 0 Å². The van der Waals surface area contributed by atoms with Gasteiger partial charge in [-0.05, 0) is 0 Å². The van der Waals surface area contributed by atoms with E-state index in [1.807, 2.05) is 0 Å². The molecular formula is C24H17BiN2. The number of rotatable bonds is 2. The number of hydrogen-bond donors (Lipinski definition) is 0. The molecule has 27 heavy (non-hydrogen) atoms. The van der Waals surface area contributed by atoms with Crippen LogP contribution in [0.25, 0.3) is 38.8 Å². The molecule has 3 aromatic carbocycles. The van der Waals surface area contributed by atoms with E-state index in [1.54, 1.807) is 0 Å². The van der Waals surface area contributed by atoms with Gasteiger partial charge in [-0.3, -0.25) is 0 Å². The first kappa shape index (κ1) is 16.7. The number of fused-ring (bicyclic) bond motifs is 3. The van der Waals surface area contributed by atoms with E-state index in [4.69, 9.17) is 4.98 Å². The van der Waals surface area contributed by atoms with Gasteiger partial charge in [0.1, 0.15) is 0 Å². The average molecular weight is 542 g/mol. The van der Waals surface area contributed by atoms with Crippen LogP contribution in [0.4, 0.5) is 0 Å². The van der Waals surface area contributed by atoms with Crippen LogP contribution in [0.3, 0.4) is 0 Å². The quantitative estimate of drug-likeness (QED) is 0.289. The van der Waals surface area contributed by atoms with E-state index < -0.39 is 0 Å². The molecule has 2 heterocycles. The Kier molecular flexibility index (Phi) is 4.06. The zero-order valence-corrected chi connectivity index (χ0v) is 18.4. The van der Waals surface area contributed by atoms with Gasteiger partial charge in [0.05, 0.1) is 0 Å². The summed E-state index contributed by atoms with van der Waals surface area (Å²) in [6.45, 7) is 2.15. The molecule has 3 heteroatoms. The van der Waals surface area contributed by atoms with Gasteiger partial charge >= 0.3 is 174 Å². The van der Waals surface area contributed by atoms with Crippen molar-refractivity contribution < 1.29 is 0 Å². The van der Waals surface area contributed by atoms with Gasteiger partial charge in [0, 0.05) is 0 Å². The minimum absolute atomic E-state index is 1.05. The molecule has 0 amide bonds. The van der Waals surface area contributed by atoms with Crippen molar-refractivity contribution in [3.05, 3.63) is 90.5 Å². The molecule has 0 atom stereocenters. The number of aromatic nitrogens is 2. The number of nitrogens with zero attached hydrogens (tertiary/aromatic N) is 2. The second-order valence-electron chi connectivity index (χ2n) is 6.78. The second-order valence-corrected chi connectivity index (χ2v) is 8.56.